The van der Waals surface area contributed by atoms with Crippen molar-refractivity contribution in [2.45, 2.75) is 76.9 Å². The van der Waals surface area contributed by atoms with E-state index in [9.17, 15) is 24.3 Å². The van der Waals surface area contributed by atoms with Gasteiger partial charge in [0.05, 0.1) is 37.4 Å². The van der Waals surface area contributed by atoms with Crippen LogP contribution in [0.1, 0.15) is 88.0 Å². The second-order valence-corrected chi connectivity index (χ2v) is 15.3. The molecule has 4 amide bonds. The summed E-state index contributed by atoms with van der Waals surface area (Å²) in [4.78, 5) is 45.4. The summed E-state index contributed by atoms with van der Waals surface area (Å²) in [6, 6.07) is 36.2. The van der Waals surface area contributed by atoms with Gasteiger partial charge in [-0.15, -0.1) is 0 Å². The van der Waals surface area contributed by atoms with E-state index in [0.29, 0.717) is 0 Å². The third-order valence-corrected chi connectivity index (χ3v) is 7.80. The van der Waals surface area contributed by atoms with Crippen molar-refractivity contribution in [2.24, 2.45) is 11.5 Å². The maximum atomic E-state index is 11.9. The second-order valence-electron chi connectivity index (χ2n) is 15.3. The van der Waals surface area contributed by atoms with Crippen molar-refractivity contribution in [1.82, 2.24) is 21.3 Å². The minimum atomic E-state index is -0.590. The summed E-state index contributed by atoms with van der Waals surface area (Å²) in [5.74, 6) is 0. The average Bonchev–Trinajstić information content (AvgIpc) is 3.26. The van der Waals surface area contributed by atoms with E-state index >= 15 is 0 Å². The molecule has 0 fully saturated rings. The molecule has 16 heteroatoms. The molecule has 0 saturated carbocycles. The number of alkyl carbamates (subject to hydrolysis) is 4. The number of ether oxygens (including phenoxy) is 4. The zero-order valence-corrected chi connectivity index (χ0v) is 37.0. The van der Waals surface area contributed by atoms with Gasteiger partial charge in [0.1, 0.15) is 24.4 Å². The van der Waals surface area contributed by atoms with E-state index in [4.69, 9.17) is 35.5 Å². The third-order valence-electron chi connectivity index (χ3n) is 7.80. The van der Waals surface area contributed by atoms with Crippen molar-refractivity contribution in [3.63, 3.8) is 0 Å². The van der Waals surface area contributed by atoms with Crippen LogP contribution in [0.4, 0.5) is 19.2 Å². The lowest BCUT2D eigenvalue weighted by Crippen LogP contribution is -2.37. The minimum Gasteiger partial charge on any atom is -0.448 e. The molecule has 0 aromatic heterocycles. The van der Waals surface area contributed by atoms with Crippen LogP contribution in [-0.2, 0) is 18.9 Å². The molecule has 16 nitrogen and oxygen atoms in total. The highest BCUT2D eigenvalue weighted by molar-refractivity contribution is 5.69. The maximum absolute atomic E-state index is 11.9. The number of nitrogens with two attached hydrogens (primary N) is 2. The van der Waals surface area contributed by atoms with E-state index in [0.717, 1.165) is 22.3 Å². The Bertz CT molecular complexity index is 1830. The predicted octanol–water partition coefficient (Wildman–Crippen LogP) is 6.57. The van der Waals surface area contributed by atoms with Crippen LogP contribution in [0.15, 0.2) is 121 Å². The summed E-state index contributed by atoms with van der Waals surface area (Å²) in [6.45, 7) is 10.8. The molecule has 0 aliphatic carbocycles. The smallest absolute Gasteiger partial charge is 0.408 e. The van der Waals surface area contributed by atoms with Gasteiger partial charge in [0.25, 0.3) is 0 Å². The largest absolute Gasteiger partial charge is 0.448 e. The minimum absolute atomic E-state index is 0.00398. The zero-order chi connectivity index (χ0) is 46.6. The van der Waals surface area contributed by atoms with Crippen LogP contribution in [-0.4, -0.2) is 86.3 Å². The lowest BCUT2D eigenvalue weighted by Gasteiger charge is -2.23. The fourth-order valence-electron chi connectivity index (χ4n) is 4.80. The van der Waals surface area contributed by atoms with E-state index in [1.165, 1.54) is 14.1 Å². The number of carbonyl (C=O) groups is 4. The van der Waals surface area contributed by atoms with Gasteiger partial charge in [0.15, 0.2) is 0 Å². The zero-order valence-electron chi connectivity index (χ0n) is 37.0. The Kier molecular flexibility index (Phi) is 25.3. The fourth-order valence-corrected chi connectivity index (χ4v) is 4.80. The van der Waals surface area contributed by atoms with Gasteiger partial charge in [0, 0.05) is 14.1 Å². The van der Waals surface area contributed by atoms with E-state index < -0.39 is 47.7 Å². The van der Waals surface area contributed by atoms with Crippen LogP contribution >= 0.6 is 0 Å². The summed E-state index contributed by atoms with van der Waals surface area (Å²) >= 11 is 0. The fraction of sp³-hybridized carbons (Fsp3) is 0.391. The maximum Gasteiger partial charge on any atom is 0.408 e. The number of hydrogen-bond donors (Lipinski definition) is 8. The van der Waals surface area contributed by atoms with Gasteiger partial charge in [-0.1, -0.05) is 121 Å². The lowest BCUT2D eigenvalue weighted by atomic mass is 10.1. The number of carbonyl (C=O) groups excluding carboxylic acids is 4. The van der Waals surface area contributed by atoms with Crippen molar-refractivity contribution in [1.29, 1.82) is 0 Å². The van der Waals surface area contributed by atoms with Gasteiger partial charge in [-0.25, -0.2) is 19.2 Å². The molecular weight excluding hydrogens is 797 g/mol. The van der Waals surface area contributed by atoms with Gasteiger partial charge in [-0.3, -0.25) is 0 Å². The SMILES string of the molecule is CC(C)(C)OC(=O)N[C@@H](CO)c1ccccc1.CNC(=O)OC[C@H](N)c1ccccc1.CNC(=O)OC[C@H](NC(=O)OC(C)(C)C)c1ccccc1.N[C@@H](CO)c1ccccc1. The molecule has 0 saturated heterocycles. The topological polar surface area (TPSA) is 246 Å². The summed E-state index contributed by atoms with van der Waals surface area (Å²) < 4.78 is 20.2. The molecule has 0 aliphatic heterocycles. The molecule has 0 aliphatic rings. The monoisotopic (exact) mass is 862 g/mol. The first kappa shape index (κ1) is 53.8. The van der Waals surface area contributed by atoms with Gasteiger partial charge in [-0.2, -0.15) is 0 Å². The highest BCUT2D eigenvalue weighted by Gasteiger charge is 2.22. The lowest BCUT2D eigenvalue weighted by molar-refractivity contribution is 0.0465. The standard InChI is InChI=1S/C15H22N2O4.C13H19NO3.C10H14N2O2.C8H11NO/c1-15(2,3)21-14(19)17-12(10-20-13(18)16-4)11-8-6-5-7-9-11;1-13(2,3)17-12(16)14-11(9-15)10-7-5-4-6-8-10;1-12-10(13)14-7-9(11)8-5-3-2-4-6-8;9-8(6-10)7-4-2-1-3-5-7/h5-9,12H,10H2,1-4H3,(H,16,18)(H,17,19);4-8,11,15H,9H2,1-3H3,(H,14,16);2-6,9H,7,11H2,1H3,(H,12,13);1-5,8,10H,6,9H2/t12-;11-;9-;8-/m0000/s1. The third kappa shape index (κ3) is 24.8. The van der Waals surface area contributed by atoms with Crippen LogP contribution in [0.3, 0.4) is 0 Å². The molecule has 4 aromatic rings. The van der Waals surface area contributed by atoms with E-state index in [2.05, 4.69) is 21.3 Å². The van der Waals surface area contributed by atoms with Crippen molar-refractivity contribution < 1.29 is 48.3 Å². The number of aliphatic hydroxyl groups excluding tert-OH is 2. The summed E-state index contributed by atoms with van der Waals surface area (Å²) in [7, 11) is 2.98. The first-order chi connectivity index (χ1) is 29.3. The molecule has 10 N–H and O–H groups in total. The number of nitrogens with one attached hydrogen (secondary N) is 4. The highest BCUT2D eigenvalue weighted by atomic mass is 16.6. The normalized spacial score (nSPS) is 12.5. The Labute approximate surface area is 365 Å². The van der Waals surface area contributed by atoms with Crippen molar-refractivity contribution in [3.05, 3.63) is 144 Å². The van der Waals surface area contributed by atoms with Crippen molar-refractivity contribution in [3.8, 4) is 0 Å². The molecule has 0 bridgehead atoms. The van der Waals surface area contributed by atoms with Gasteiger partial charge >= 0.3 is 24.4 Å². The summed E-state index contributed by atoms with van der Waals surface area (Å²) in [6.07, 6.45) is -2.10. The van der Waals surface area contributed by atoms with Crippen LogP contribution in [0, 0.1) is 0 Å². The quantitative estimate of drug-likeness (QED) is 0.0705. The van der Waals surface area contributed by atoms with E-state index in [-0.39, 0.29) is 38.5 Å². The molecule has 4 rings (SSSR count). The van der Waals surface area contributed by atoms with Crippen LogP contribution < -0.4 is 32.7 Å². The predicted molar refractivity (Wildman–Crippen MR) is 239 cm³/mol. The van der Waals surface area contributed by atoms with Crippen LogP contribution in [0.25, 0.3) is 0 Å². The summed E-state index contributed by atoms with van der Waals surface area (Å²) in [5, 5.41) is 28.0. The molecule has 4 atom stereocenters. The Morgan fingerprint density at radius 3 is 1.15 bits per heavy atom. The van der Waals surface area contributed by atoms with Gasteiger partial charge in [-0.05, 0) is 63.8 Å². The number of hydrogen-bond acceptors (Lipinski definition) is 12. The highest BCUT2D eigenvalue weighted by Crippen LogP contribution is 2.16. The molecule has 62 heavy (non-hydrogen) atoms. The molecule has 340 valence electrons. The molecule has 4 aromatic carbocycles. The van der Waals surface area contributed by atoms with Crippen molar-refractivity contribution >= 4 is 24.4 Å². The Balaban J connectivity index is 0.000000426. The van der Waals surface area contributed by atoms with Gasteiger partial charge < -0.3 is 61.9 Å². The number of aliphatic hydroxyl groups is 2. The first-order valence-electron chi connectivity index (χ1n) is 19.9. The Hall–Kier alpha value is -6.20. The molecule has 0 spiro atoms. The molecule has 0 heterocycles. The van der Waals surface area contributed by atoms with Crippen LogP contribution in [0.5, 0.6) is 0 Å². The number of amides is 4. The number of benzene rings is 4. The van der Waals surface area contributed by atoms with Crippen LogP contribution in [0.2, 0.25) is 0 Å². The molecule has 0 unspecified atom stereocenters. The van der Waals surface area contributed by atoms with Crippen molar-refractivity contribution in [2.75, 3.05) is 40.5 Å². The van der Waals surface area contributed by atoms with Gasteiger partial charge in [0.2, 0.25) is 0 Å². The Morgan fingerprint density at radius 2 is 0.806 bits per heavy atom. The average molecular weight is 863 g/mol. The molecular formula is C46H66N6O10. The number of rotatable bonds is 12. The molecule has 0 radical (unpaired) electrons. The van der Waals surface area contributed by atoms with E-state index in [1.54, 1.807) is 41.5 Å². The second kappa shape index (κ2) is 29.1. The first-order valence-corrected chi connectivity index (χ1v) is 19.9. The van der Waals surface area contributed by atoms with E-state index in [1.807, 2.05) is 121 Å². The summed E-state index contributed by atoms with van der Waals surface area (Å²) in [5.41, 5.74) is 13.8. The Morgan fingerprint density at radius 1 is 0.484 bits per heavy atom.